The fourth-order valence-corrected chi connectivity index (χ4v) is 3.84. The van der Waals surface area contributed by atoms with Gasteiger partial charge in [-0.25, -0.2) is 4.39 Å². The van der Waals surface area contributed by atoms with E-state index < -0.39 is 0 Å². The Kier molecular flexibility index (Phi) is 4.70. The number of benzene rings is 3. The monoisotopic (exact) mass is 347 g/mol. The zero-order chi connectivity index (χ0) is 17.9. The Bertz CT molecular complexity index is 919. The van der Waals surface area contributed by atoms with E-state index in [2.05, 4.69) is 6.07 Å². The fourth-order valence-electron chi connectivity index (χ4n) is 3.84. The van der Waals surface area contributed by atoms with Crippen molar-refractivity contribution in [3.8, 4) is 0 Å². The molecule has 3 heteroatoms. The van der Waals surface area contributed by atoms with Crippen LogP contribution in [0.25, 0.3) is 10.8 Å². The first-order valence-electron chi connectivity index (χ1n) is 9.24. The van der Waals surface area contributed by atoms with Gasteiger partial charge >= 0.3 is 0 Å². The van der Waals surface area contributed by atoms with Crippen molar-refractivity contribution >= 4 is 16.7 Å². The zero-order valence-corrected chi connectivity index (χ0v) is 14.7. The van der Waals surface area contributed by atoms with Crippen LogP contribution in [0.1, 0.15) is 41.1 Å². The number of amides is 1. The van der Waals surface area contributed by atoms with Gasteiger partial charge in [-0.05, 0) is 53.4 Å². The van der Waals surface area contributed by atoms with Crippen molar-refractivity contribution in [1.29, 1.82) is 0 Å². The van der Waals surface area contributed by atoms with E-state index in [1.54, 1.807) is 0 Å². The van der Waals surface area contributed by atoms with Crippen molar-refractivity contribution in [1.82, 2.24) is 4.90 Å². The summed E-state index contributed by atoms with van der Waals surface area (Å²) in [5, 5.41) is 2.23. The lowest BCUT2D eigenvalue weighted by atomic mass is 9.94. The predicted octanol–water partition coefficient (Wildman–Crippen LogP) is 5.39. The normalized spacial score (nSPS) is 17.9. The molecule has 0 spiro atoms. The van der Waals surface area contributed by atoms with Crippen LogP contribution in [-0.2, 0) is 0 Å². The molecule has 1 unspecified atom stereocenters. The van der Waals surface area contributed by atoms with Crippen molar-refractivity contribution in [2.24, 2.45) is 0 Å². The van der Waals surface area contributed by atoms with E-state index in [-0.39, 0.29) is 17.6 Å². The highest BCUT2D eigenvalue weighted by molar-refractivity contribution is 5.98. The summed E-state index contributed by atoms with van der Waals surface area (Å²) in [6, 6.07) is 20.7. The number of carbonyl (C=O) groups excluding carboxylic acids is 1. The second-order valence-corrected chi connectivity index (χ2v) is 7.06. The highest BCUT2D eigenvalue weighted by atomic mass is 19.1. The van der Waals surface area contributed by atoms with Gasteiger partial charge in [-0.2, -0.15) is 0 Å². The summed E-state index contributed by atoms with van der Waals surface area (Å²) < 4.78 is 13.2. The van der Waals surface area contributed by atoms with Gasteiger partial charge in [0.15, 0.2) is 0 Å². The summed E-state index contributed by atoms with van der Waals surface area (Å²) in [6.07, 6.45) is 3.13. The Labute approximate surface area is 153 Å². The first-order valence-corrected chi connectivity index (χ1v) is 9.24. The minimum atomic E-state index is -0.216. The minimum absolute atomic E-state index is 0.0877. The molecule has 3 aromatic rings. The van der Waals surface area contributed by atoms with Gasteiger partial charge < -0.3 is 4.90 Å². The summed E-state index contributed by atoms with van der Waals surface area (Å²) in [5.74, 6) is 0.138. The SMILES string of the molecule is O=C(c1ccc2ccccc2c1)N1CCCCC(c2ccc(F)cc2)C1. The van der Waals surface area contributed by atoms with Gasteiger partial charge in [-0.15, -0.1) is 0 Å². The van der Waals surface area contributed by atoms with Gasteiger partial charge in [-0.1, -0.05) is 48.9 Å². The van der Waals surface area contributed by atoms with E-state index in [4.69, 9.17) is 0 Å². The van der Waals surface area contributed by atoms with Gasteiger partial charge in [0.25, 0.3) is 5.91 Å². The van der Waals surface area contributed by atoms with Gasteiger partial charge in [0.2, 0.25) is 0 Å². The molecule has 1 amide bonds. The third-order valence-corrected chi connectivity index (χ3v) is 5.30. The van der Waals surface area contributed by atoms with E-state index in [9.17, 15) is 9.18 Å². The topological polar surface area (TPSA) is 20.3 Å². The number of nitrogens with zero attached hydrogens (tertiary/aromatic N) is 1. The summed E-state index contributed by atoms with van der Waals surface area (Å²) in [4.78, 5) is 15.1. The van der Waals surface area contributed by atoms with Crippen molar-refractivity contribution < 1.29 is 9.18 Å². The molecule has 0 aliphatic carbocycles. The average molecular weight is 347 g/mol. The van der Waals surface area contributed by atoms with Gasteiger partial charge in [-0.3, -0.25) is 4.79 Å². The van der Waals surface area contributed by atoms with Gasteiger partial charge in [0.05, 0.1) is 0 Å². The fraction of sp³-hybridized carbons (Fsp3) is 0.261. The number of halogens is 1. The molecule has 4 rings (SSSR count). The first-order chi connectivity index (χ1) is 12.7. The number of hydrogen-bond acceptors (Lipinski definition) is 1. The molecule has 1 aliphatic heterocycles. The van der Waals surface area contributed by atoms with E-state index >= 15 is 0 Å². The Balaban J connectivity index is 1.58. The van der Waals surface area contributed by atoms with Crippen LogP contribution < -0.4 is 0 Å². The molecular weight excluding hydrogens is 325 g/mol. The highest BCUT2D eigenvalue weighted by Crippen LogP contribution is 2.28. The Morgan fingerprint density at radius 2 is 1.69 bits per heavy atom. The number of fused-ring (bicyclic) bond motifs is 1. The lowest BCUT2D eigenvalue weighted by Crippen LogP contribution is -2.34. The predicted molar refractivity (Wildman–Crippen MR) is 103 cm³/mol. The quantitative estimate of drug-likeness (QED) is 0.609. The molecule has 1 atom stereocenters. The molecule has 1 saturated heterocycles. The van der Waals surface area contributed by atoms with Gasteiger partial charge in [0, 0.05) is 24.6 Å². The standard InChI is InChI=1S/C23H22FNO/c24-22-12-10-18(11-13-22)21-7-3-4-14-25(16-21)23(26)20-9-8-17-5-1-2-6-19(17)15-20/h1-2,5-6,8-13,15,21H,3-4,7,14,16H2. The molecule has 26 heavy (non-hydrogen) atoms. The first kappa shape index (κ1) is 16.8. The molecule has 0 saturated carbocycles. The van der Waals surface area contributed by atoms with Crippen LogP contribution in [0.4, 0.5) is 4.39 Å². The molecule has 3 aromatic carbocycles. The maximum absolute atomic E-state index is 13.2. The Morgan fingerprint density at radius 1 is 0.923 bits per heavy atom. The molecule has 132 valence electrons. The Morgan fingerprint density at radius 3 is 2.50 bits per heavy atom. The van der Waals surface area contributed by atoms with Crippen LogP contribution in [0.2, 0.25) is 0 Å². The smallest absolute Gasteiger partial charge is 0.253 e. The van der Waals surface area contributed by atoms with Gasteiger partial charge in [0.1, 0.15) is 5.82 Å². The number of rotatable bonds is 2. The molecular formula is C23H22FNO. The molecule has 2 nitrogen and oxygen atoms in total. The van der Waals surface area contributed by atoms with Crippen molar-refractivity contribution in [3.63, 3.8) is 0 Å². The molecule has 1 heterocycles. The number of likely N-dealkylation sites (tertiary alicyclic amines) is 1. The van der Waals surface area contributed by atoms with Crippen molar-refractivity contribution in [2.45, 2.75) is 25.2 Å². The van der Waals surface area contributed by atoms with E-state index in [1.165, 1.54) is 12.1 Å². The van der Waals surface area contributed by atoms with Crippen LogP contribution >= 0.6 is 0 Å². The zero-order valence-electron chi connectivity index (χ0n) is 14.7. The second-order valence-electron chi connectivity index (χ2n) is 7.06. The van der Waals surface area contributed by atoms with Crippen LogP contribution in [0.15, 0.2) is 66.7 Å². The molecule has 0 bridgehead atoms. The molecule has 0 aromatic heterocycles. The highest BCUT2D eigenvalue weighted by Gasteiger charge is 2.24. The summed E-state index contributed by atoms with van der Waals surface area (Å²) in [5.41, 5.74) is 1.85. The maximum atomic E-state index is 13.2. The lowest BCUT2D eigenvalue weighted by Gasteiger charge is -2.25. The average Bonchev–Trinajstić information content (AvgIpc) is 2.94. The molecule has 1 aliphatic rings. The largest absolute Gasteiger partial charge is 0.338 e. The Hall–Kier alpha value is -2.68. The molecule has 0 N–H and O–H groups in total. The summed E-state index contributed by atoms with van der Waals surface area (Å²) >= 11 is 0. The van der Waals surface area contributed by atoms with Crippen molar-refractivity contribution in [3.05, 3.63) is 83.7 Å². The minimum Gasteiger partial charge on any atom is -0.338 e. The van der Waals surface area contributed by atoms with E-state index in [0.717, 1.165) is 47.7 Å². The maximum Gasteiger partial charge on any atom is 0.253 e. The third kappa shape index (κ3) is 3.48. The summed E-state index contributed by atoms with van der Waals surface area (Å²) in [6.45, 7) is 1.47. The molecule has 1 fully saturated rings. The van der Waals surface area contributed by atoms with Crippen LogP contribution in [0, 0.1) is 5.82 Å². The van der Waals surface area contributed by atoms with Crippen LogP contribution in [-0.4, -0.2) is 23.9 Å². The number of carbonyl (C=O) groups is 1. The number of hydrogen-bond donors (Lipinski definition) is 0. The lowest BCUT2D eigenvalue weighted by molar-refractivity contribution is 0.0754. The third-order valence-electron chi connectivity index (χ3n) is 5.30. The van der Waals surface area contributed by atoms with Crippen LogP contribution in [0.3, 0.4) is 0 Å². The molecule has 0 radical (unpaired) electrons. The van der Waals surface area contributed by atoms with Crippen LogP contribution in [0.5, 0.6) is 0 Å². The van der Waals surface area contributed by atoms with E-state index in [0.29, 0.717) is 6.54 Å². The second kappa shape index (κ2) is 7.28. The van der Waals surface area contributed by atoms with Crippen molar-refractivity contribution in [2.75, 3.05) is 13.1 Å². The van der Waals surface area contributed by atoms with E-state index in [1.807, 2.05) is 53.4 Å². The summed E-state index contributed by atoms with van der Waals surface area (Å²) in [7, 11) is 0.